The zero-order valence-electron chi connectivity index (χ0n) is 6.41. The standard InChI is InChI=1S/C6H6N4O3/c7-6(11)13-5-1-4(2-10-12)8-3-9-5/h1-3,12H,(H2,7,11)/b10-2+. The van der Waals surface area contributed by atoms with E-state index in [4.69, 9.17) is 10.9 Å². The van der Waals surface area contributed by atoms with Gasteiger partial charge in [-0.1, -0.05) is 5.16 Å². The molecule has 1 aromatic heterocycles. The fraction of sp³-hybridized carbons (Fsp3) is 0. The Kier molecular flexibility index (Phi) is 2.74. The quantitative estimate of drug-likeness (QED) is 0.372. The second kappa shape index (κ2) is 4.00. The van der Waals surface area contributed by atoms with Crippen molar-refractivity contribution < 1.29 is 14.7 Å². The Hall–Kier alpha value is -2.18. The molecule has 0 saturated heterocycles. The highest BCUT2D eigenvalue weighted by Crippen LogP contribution is 2.04. The van der Waals surface area contributed by atoms with Crippen molar-refractivity contribution in [3.63, 3.8) is 0 Å². The monoisotopic (exact) mass is 182 g/mol. The Balaban J connectivity index is 2.85. The molecule has 7 heteroatoms. The molecule has 0 aromatic carbocycles. The number of aromatic nitrogens is 2. The molecule has 1 heterocycles. The van der Waals surface area contributed by atoms with Gasteiger partial charge in [0.05, 0.1) is 11.9 Å². The zero-order valence-corrected chi connectivity index (χ0v) is 6.41. The molecule has 0 unspecified atom stereocenters. The third kappa shape index (κ3) is 2.73. The molecule has 1 rings (SSSR count). The SMILES string of the molecule is NC(=O)Oc1cc(/C=N/O)ncn1. The maximum Gasteiger partial charge on any atom is 0.411 e. The molecule has 0 aliphatic carbocycles. The van der Waals surface area contributed by atoms with Crippen LogP contribution < -0.4 is 10.5 Å². The van der Waals surface area contributed by atoms with Gasteiger partial charge in [0.15, 0.2) is 0 Å². The Bertz CT molecular complexity index is 338. The summed E-state index contributed by atoms with van der Waals surface area (Å²) in [6.45, 7) is 0. The lowest BCUT2D eigenvalue weighted by molar-refractivity contribution is 0.209. The van der Waals surface area contributed by atoms with Crippen molar-refractivity contribution >= 4 is 12.3 Å². The van der Waals surface area contributed by atoms with Gasteiger partial charge in [-0.05, 0) is 0 Å². The van der Waals surface area contributed by atoms with Gasteiger partial charge in [-0.2, -0.15) is 0 Å². The minimum atomic E-state index is -0.967. The maximum atomic E-state index is 10.3. The van der Waals surface area contributed by atoms with Crippen molar-refractivity contribution in [1.29, 1.82) is 0 Å². The summed E-state index contributed by atoms with van der Waals surface area (Å²) in [4.78, 5) is 17.6. The van der Waals surface area contributed by atoms with Crippen LogP contribution in [0.15, 0.2) is 17.5 Å². The van der Waals surface area contributed by atoms with Crippen LogP contribution in [0.25, 0.3) is 0 Å². The van der Waals surface area contributed by atoms with E-state index < -0.39 is 6.09 Å². The summed E-state index contributed by atoms with van der Waals surface area (Å²) in [5.74, 6) is -0.00241. The molecule has 0 aliphatic rings. The first kappa shape index (κ1) is 8.91. The summed E-state index contributed by atoms with van der Waals surface area (Å²) in [6.07, 6.45) is 1.25. The van der Waals surface area contributed by atoms with Gasteiger partial charge in [-0.25, -0.2) is 14.8 Å². The fourth-order valence-electron chi connectivity index (χ4n) is 0.642. The number of nitrogens with zero attached hydrogens (tertiary/aromatic N) is 3. The van der Waals surface area contributed by atoms with Gasteiger partial charge in [-0.3, -0.25) is 0 Å². The molecule has 0 radical (unpaired) electrons. The van der Waals surface area contributed by atoms with Crippen LogP contribution in [0.5, 0.6) is 5.88 Å². The number of carbonyl (C=O) groups is 1. The van der Waals surface area contributed by atoms with E-state index >= 15 is 0 Å². The summed E-state index contributed by atoms with van der Waals surface area (Å²) in [5, 5.41) is 10.9. The zero-order chi connectivity index (χ0) is 9.68. The van der Waals surface area contributed by atoms with Crippen LogP contribution in [0.1, 0.15) is 5.69 Å². The van der Waals surface area contributed by atoms with Crippen molar-refractivity contribution in [3.05, 3.63) is 18.1 Å². The predicted molar refractivity (Wildman–Crippen MR) is 41.6 cm³/mol. The van der Waals surface area contributed by atoms with E-state index in [9.17, 15) is 4.79 Å². The molecule has 1 aromatic rings. The van der Waals surface area contributed by atoms with Crippen molar-refractivity contribution in [2.24, 2.45) is 10.9 Å². The molecule has 3 N–H and O–H groups in total. The van der Waals surface area contributed by atoms with Gasteiger partial charge in [0, 0.05) is 6.07 Å². The Morgan fingerprint density at radius 1 is 1.69 bits per heavy atom. The molecule has 1 amide bonds. The molecular formula is C6H6N4O3. The summed E-state index contributed by atoms with van der Waals surface area (Å²) < 4.78 is 4.45. The van der Waals surface area contributed by atoms with Crippen molar-refractivity contribution in [3.8, 4) is 5.88 Å². The van der Waals surface area contributed by atoms with Gasteiger partial charge >= 0.3 is 6.09 Å². The van der Waals surface area contributed by atoms with E-state index in [1.54, 1.807) is 0 Å². The Morgan fingerprint density at radius 3 is 3.08 bits per heavy atom. The number of oxime groups is 1. The lowest BCUT2D eigenvalue weighted by atomic mass is 10.4. The van der Waals surface area contributed by atoms with E-state index in [1.807, 2.05) is 0 Å². The number of nitrogens with two attached hydrogens (primary N) is 1. The fourth-order valence-corrected chi connectivity index (χ4v) is 0.642. The van der Waals surface area contributed by atoms with Crippen LogP contribution in [0, 0.1) is 0 Å². The summed E-state index contributed by atoms with van der Waals surface area (Å²) >= 11 is 0. The number of rotatable bonds is 2. The number of carbonyl (C=O) groups excluding carboxylic acids is 1. The van der Waals surface area contributed by atoms with E-state index in [-0.39, 0.29) is 5.88 Å². The molecule has 0 atom stereocenters. The summed E-state index contributed by atoms with van der Waals surface area (Å²) in [7, 11) is 0. The molecule has 7 nitrogen and oxygen atoms in total. The molecule has 0 spiro atoms. The minimum absolute atomic E-state index is 0.00241. The first-order valence-corrected chi connectivity index (χ1v) is 3.19. The molecule has 0 bridgehead atoms. The highest BCUT2D eigenvalue weighted by Gasteiger charge is 2.00. The second-order valence-electron chi connectivity index (χ2n) is 1.95. The average molecular weight is 182 g/mol. The van der Waals surface area contributed by atoms with Crippen molar-refractivity contribution in [2.45, 2.75) is 0 Å². The third-order valence-corrected chi connectivity index (χ3v) is 1.06. The number of hydrogen-bond acceptors (Lipinski definition) is 6. The van der Waals surface area contributed by atoms with E-state index in [0.717, 1.165) is 12.5 Å². The van der Waals surface area contributed by atoms with Gasteiger partial charge in [0.1, 0.15) is 6.33 Å². The van der Waals surface area contributed by atoms with Crippen LogP contribution in [-0.4, -0.2) is 27.5 Å². The molecular weight excluding hydrogens is 176 g/mol. The maximum absolute atomic E-state index is 10.3. The Morgan fingerprint density at radius 2 is 2.46 bits per heavy atom. The van der Waals surface area contributed by atoms with Gasteiger partial charge in [0.2, 0.25) is 5.88 Å². The topological polar surface area (TPSA) is 111 Å². The summed E-state index contributed by atoms with van der Waals surface area (Å²) in [5.41, 5.74) is 5.04. The molecule has 0 aliphatic heterocycles. The lowest BCUT2D eigenvalue weighted by Gasteiger charge is -1.98. The number of primary amides is 1. The average Bonchev–Trinajstić information content (AvgIpc) is 2.04. The molecule has 68 valence electrons. The van der Waals surface area contributed by atoms with E-state index in [1.165, 1.54) is 6.07 Å². The third-order valence-electron chi connectivity index (χ3n) is 1.06. The first-order chi connectivity index (χ1) is 6.22. The van der Waals surface area contributed by atoms with Crippen LogP contribution in [0.3, 0.4) is 0 Å². The van der Waals surface area contributed by atoms with E-state index in [2.05, 4.69) is 19.9 Å². The highest BCUT2D eigenvalue weighted by atomic mass is 16.6. The normalized spacial score (nSPS) is 10.2. The smallest absolute Gasteiger partial charge is 0.411 e. The number of amides is 1. The van der Waals surface area contributed by atoms with Crippen molar-refractivity contribution in [2.75, 3.05) is 0 Å². The Labute approximate surface area is 72.9 Å². The molecule has 0 saturated carbocycles. The van der Waals surface area contributed by atoms with Gasteiger partial charge < -0.3 is 15.7 Å². The van der Waals surface area contributed by atoms with Crippen molar-refractivity contribution in [1.82, 2.24) is 9.97 Å². The molecule has 0 fully saturated rings. The lowest BCUT2D eigenvalue weighted by Crippen LogP contribution is -2.17. The van der Waals surface area contributed by atoms with Crippen LogP contribution >= 0.6 is 0 Å². The van der Waals surface area contributed by atoms with Crippen LogP contribution in [0.4, 0.5) is 4.79 Å². The predicted octanol–water partition coefficient (Wildman–Crippen LogP) is -0.258. The first-order valence-electron chi connectivity index (χ1n) is 3.19. The van der Waals surface area contributed by atoms with Crippen LogP contribution in [-0.2, 0) is 0 Å². The minimum Gasteiger partial charge on any atom is -0.411 e. The van der Waals surface area contributed by atoms with E-state index in [0.29, 0.717) is 5.69 Å². The molecule has 13 heavy (non-hydrogen) atoms. The second-order valence-corrected chi connectivity index (χ2v) is 1.95. The number of ether oxygens (including phenoxy) is 1. The largest absolute Gasteiger partial charge is 0.411 e. The highest BCUT2D eigenvalue weighted by molar-refractivity contribution is 5.77. The summed E-state index contributed by atoms with van der Waals surface area (Å²) in [6, 6.07) is 1.30. The van der Waals surface area contributed by atoms with Gasteiger partial charge in [-0.15, -0.1) is 0 Å². The number of hydrogen-bond donors (Lipinski definition) is 2. The van der Waals surface area contributed by atoms with Gasteiger partial charge in [0.25, 0.3) is 0 Å². The van der Waals surface area contributed by atoms with Crippen LogP contribution in [0.2, 0.25) is 0 Å².